The number of guanidine groups is 1. The zero-order valence-electron chi connectivity index (χ0n) is 17.4. The molecule has 2 aromatic rings. The summed E-state index contributed by atoms with van der Waals surface area (Å²) in [4.78, 5) is 9.86. The predicted molar refractivity (Wildman–Crippen MR) is 128 cm³/mol. The fourth-order valence-corrected chi connectivity index (χ4v) is 4.14. The molecule has 0 bridgehead atoms. The molecule has 1 atom stereocenters. The van der Waals surface area contributed by atoms with Gasteiger partial charge in [0.15, 0.2) is 5.96 Å². The number of anilines is 1. The molecule has 2 aliphatic rings. The van der Waals surface area contributed by atoms with Crippen LogP contribution in [-0.2, 0) is 13.0 Å². The number of hydrogen-bond acceptors (Lipinski definition) is 4. The minimum Gasteiger partial charge on any atom is -0.368 e. The van der Waals surface area contributed by atoms with Gasteiger partial charge in [0.1, 0.15) is 11.6 Å². The average molecular weight is 509 g/mol. The van der Waals surface area contributed by atoms with Gasteiger partial charge in [0.25, 0.3) is 0 Å². The minimum absolute atomic E-state index is 0. The molecule has 4 rings (SSSR count). The normalized spacial score (nSPS) is 19.5. The number of fused-ring (bicyclic) bond motifs is 1. The van der Waals surface area contributed by atoms with Gasteiger partial charge >= 0.3 is 0 Å². The van der Waals surface area contributed by atoms with Crippen LogP contribution in [0.1, 0.15) is 25.0 Å². The third-order valence-electron chi connectivity index (χ3n) is 5.76. The Morgan fingerprint density at radius 1 is 1.14 bits per heavy atom. The molecule has 0 radical (unpaired) electrons. The number of aryl methyl sites for hydroxylation is 2. The molecule has 2 aliphatic heterocycles. The number of aliphatic imine (C=N–C) groups is 1. The molecule has 29 heavy (non-hydrogen) atoms. The quantitative estimate of drug-likeness (QED) is 0.390. The van der Waals surface area contributed by atoms with Crippen molar-refractivity contribution in [3.05, 3.63) is 42.0 Å². The molecule has 7 nitrogen and oxygen atoms in total. The number of aromatic nitrogens is 3. The van der Waals surface area contributed by atoms with Crippen LogP contribution in [-0.4, -0.2) is 64.9 Å². The summed E-state index contributed by atoms with van der Waals surface area (Å²) in [5, 5.41) is 12.0. The molecule has 0 amide bonds. The molecule has 1 aromatic carbocycles. The van der Waals surface area contributed by atoms with Crippen molar-refractivity contribution in [3.8, 4) is 0 Å². The highest BCUT2D eigenvalue weighted by atomic mass is 127. The lowest BCUT2D eigenvalue weighted by Crippen LogP contribution is -2.52. The van der Waals surface area contributed by atoms with E-state index in [9.17, 15) is 0 Å². The van der Waals surface area contributed by atoms with Crippen molar-refractivity contribution in [2.75, 3.05) is 44.2 Å². The van der Waals surface area contributed by atoms with E-state index in [4.69, 9.17) is 4.99 Å². The van der Waals surface area contributed by atoms with Crippen molar-refractivity contribution in [2.24, 2.45) is 10.9 Å². The third kappa shape index (κ3) is 5.21. The first-order chi connectivity index (χ1) is 13.7. The Hall–Kier alpha value is -1.84. The van der Waals surface area contributed by atoms with Crippen LogP contribution < -0.4 is 10.2 Å². The number of hydrogen-bond donors (Lipinski definition) is 1. The van der Waals surface area contributed by atoms with Crippen LogP contribution >= 0.6 is 24.0 Å². The molecule has 3 heterocycles. The lowest BCUT2D eigenvalue weighted by Gasteiger charge is -2.38. The number of benzene rings is 1. The summed E-state index contributed by atoms with van der Waals surface area (Å²) in [6.45, 7) is 11.0. The van der Waals surface area contributed by atoms with Crippen LogP contribution in [0.3, 0.4) is 0 Å². The van der Waals surface area contributed by atoms with Gasteiger partial charge in [-0.2, -0.15) is 0 Å². The monoisotopic (exact) mass is 509 g/mol. The van der Waals surface area contributed by atoms with Gasteiger partial charge in [-0.05, 0) is 38.3 Å². The van der Waals surface area contributed by atoms with Crippen molar-refractivity contribution < 1.29 is 0 Å². The highest BCUT2D eigenvalue weighted by Gasteiger charge is 2.23. The molecule has 0 aliphatic carbocycles. The molecule has 1 aromatic heterocycles. The van der Waals surface area contributed by atoms with Gasteiger partial charge in [-0.1, -0.05) is 18.2 Å². The van der Waals surface area contributed by atoms with Gasteiger partial charge < -0.3 is 19.7 Å². The van der Waals surface area contributed by atoms with Crippen LogP contribution in [0.15, 0.2) is 35.3 Å². The summed E-state index contributed by atoms with van der Waals surface area (Å²) >= 11 is 0. The SMILES string of the molecule is CCNC(=NCC1CCc2nnc(C)n2C1)N1CCN(c2ccccc2)CC1.I. The van der Waals surface area contributed by atoms with Gasteiger partial charge in [-0.15, -0.1) is 34.2 Å². The van der Waals surface area contributed by atoms with Crippen LogP contribution in [0, 0.1) is 12.8 Å². The van der Waals surface area contributed by atoms with Gasteiger partial charge in [0.05, 0.1) is 0 Å². The first-order valence-corrected chi connectivity index (χ1v) is 10.5. The molecule has 0 saturated carbocycles. The maximum absolute atomic E-state index is 5.00. The summed E-state index contributed by atoms with van der Waals surface area (Å²) in [6, 6.07) is 10.7. The van der Waals surface area contributed by atoms with E-state index in [1.807, 2.05) is 6.92 Å². The highest BCUT2D eigenvalue weighted by Crippen LogP contribution is 2.20. The van der Waals surface area contributed by atoms with Crippen molar-refractivity contribution in [3.63, 3.8) is 0 Å². The molecule has 1 N–H and O–H groups in total. The van der Waals surface area contributed by atoms with Crippen LogP contribution in [0.2, 0.25) is 0 Å². The Labute approximate surface area is 190 Å². The zero-order chi connectivity index (χ0) is 19.3. The fraction of sp³-hybridized carbons (Fsp3) is 0.571. The fourth-order valence-electron chi connectivity index (χ4n) is 4.14. The number of halogens is 1. The molecule has 1 fully saturated rings. The van der Waals surface area contributed by atoms with Crippen molar-refractivity contribution >= 4 is 35.6 Å². The standard InChI is InChI=1S/C21H31N7.HI/c1-3-22-21(23-15-18-9-10-20-25-24-17(2)28(20)16-18)27-13-11-26(12-14-27)19-7-5-4-6-8-19;/h4-8,18H,3,9-16H2,1-2H3,(H,22,23);1H. The van der Waals surface area contributed by atoms with Gasteiger partial charge in [-0.3, -0.25) is 4.99 Å². The summed E-state index contributed by atoms with van der Waals surface area (Å²) in [5.74, 6) is 3.76. The molecule has 8 heteroatoms. The van der Waals surface area contributed by atoms with Crippen LogP contribution in [0.5, 0.6) is 0 Å². The Balaban J connectivity index is 0.00000240. The van der Waals surface area contributed by atoms with E-state index in [2.05, 4.69) is 67.1 Å². The summed E-state index contributed by atoms with van der Waals surface area (Å²) in [5.41, 5.74) is 1.31. The number of para-hydroxylation sites is 1. The molecular weight excluding hydrogens is 477 g/mol. The summed E-state index contributed by atoms with van der Waals surface area (Å²) < 4.78 is 2.26. The molecule has 1 saturated heterocycles. The Kier molecular flexibility index (Phi) is 7.74. The smallest absolute Gasteiger partial charge is 0.194 e. The number of piperazine rings is 1. The Morgan fingerprint density at radius 3 is 2.62 bits per heavy atom. The van der Waals surface area contributed by atoms with E-state index in [1.165, 1.54) is 5.69 Å². The second-order valence-corrected chi connectivity index (χ2v) is 7.68. The Morgan fingerprint density at radius 2 is 1.90 bits per heavy atom. The maximum Gasteiger partial charge on any atom is 0.194 e. The molecule has 158 valence electrons. The molecular formula is C21H32IN7. The van der Waals surface area contributed by atoms with Gasteiger partial charge in [0, 0.05) is 57.9 Å². The second-order valence-electron chi connectivity index (χ2n) is 7.68. The minimum atomic E-state index is 0. The van der Waals surface area contributed by atoms with Gasteiger partial charge in [0.2, 0.25) is 0 Å². The van der Waals surface area contributed by atoms with E-state index in [-0.39, 0.29) is 24.0 Å². The lowest BCUT2D eigenvalue weighted by atomic mass is 9.99. The zero-order valence-corrected chi connectivity index (χ0v) is 19.7. The van der Waals surface area contributed by atoms with E-state index in [1.54, 1.807) is 0 Å². The summed E-state index contributed by atoms with van der Waals surface area (Å²) in [7, 11) is 0. The first-order valence-electron chi connectivity index (χ1n) is 10.5. The molecule has 0 spiro atoms. The van der Waals surface area contributed by atoms with Crippen LogP contribution in [0.25, 0.3) is 0 Å². The highest BCUT2D eigenvalue weighted by molar-refractivity contribution is 14.0. The van der Waals surface area contributed by atoms with Crippen LogP contribution in [0.4, 0.5) is 5.69 Å². The van der Waals surface area contributed by atoms with Crippen molar-refractivity contribution in [1.29, 1.82) is 0 Å². The third-order valence-corrected chi connectivity index (χ3v) is 5.76. The average Bonchev–Trinajstić information content (AvgIpc) is 3.12. The van der Waals surface area contributed by atoms with E-state index < -0.39 is 0 Å². The topological polar surface area (TPSA) is 61.6 Å². The number of nitrogens with one attached hydrogen (secondary N) is 1. The van der Waals surface area contributed by atoms with Gasteiger partial charge in [-0.25, -0.2) is 0 Å². The predicted octanol–water partition coefficient (Wildman–Crippen LogP) is 2.55. The Bertz CT molecular complexity index is 797. The number of nitrogens with zero attached hydrogens (tertiary/aromatic N) is 6. The van der Waals surface area contributed by atoms with E-state index in [0.29, 0.717) is 5.92 Å². The number of rotatable bonds is 4. The molecule has 1 unspecified atom stereocenters. The second kappa shape index (κ2) is 10.3. The lowest BCUT2D eigenvalue weighted by molar-refractivity contribution is 0.354. The first kappa shape index (κ1) is 21.9. The van der Waals surface area contributed by atoms with Crippen molar-refractivity contribution in [1.82, 2.24) is 25.0 Å². The maximum atomic E-state index is 5.00. The van der Waals surface area contributed by atoms with E-state index >= 15 is 0 Å². The van der Waals surface area contributed by atoms with Crippen molar-refractivity contribution in [2.45, 2.75) is 33.2 Å². The summed E-state index contributed by atoms with van der Waals surface area (Å²) in [6.07, 6.45) is 2.15. The van der Waals surface area contributed by atoms with E-state index in [0.717, 1.165) is 76.3 Å². The largest absolute Gasteiger partial charge is 0.368 e.